The van der Waals surface area contributed by atoms with E-state index in [1.54, 1.807) is 18.1 Å². The number of amides is 1. The molecule has 0 spiro atoms. The zero-order chi connectivity index (χ0) is 21.1. The molecule has 1 saturated carbocycles. The van der Waals surface area contributed by atoms with E-state index in [-0.39, 0.29) is 5.91 Å². The molecule has 0 aliphatic heterocycles. The van der Waals surface area contributed by atoms with E-state index in [9.17, 15) is 4.79 Å². The van der Waals surface area contributed by atoms with E-state index >= 15 is 0 Å². The second kappa shape index (κ2) is 9.35. The van der Waals surface area contributed by atoms with Crippen LogP contribution in [0.5, 0.6) is 0 Å². The maximum Gasteiger partial charge on any atom is 0.261 e. The van der Waals surface area contributed by atoms with Gasteiger partial charge in [0.1, 0.15) is 17.0 Å². The van der Waals surface area contributed by atoms with Crippen molar-refractivity contribution in [3.8, 4) is 0 Å². The summed E-state index contributed by atoms with van der Waals surface area (Å²) in [5, 5.41) is 4.09. The predicted molar refractivity (Wildman–Crippen MR) is 127 cm³/mol. The van der Waals surface area contributed by atoms with Crippen LogP contribution in [0.4, 0.5) is 5.82 Å². The molecule has 7 heteroatoms. The van der Waals surface area contributed by atoms with Crippen molar-refractivity contribution in [1.82, 2.24) is 15.3 Å². The Morgan fingerprint density at radius 1 is 1.20 bits per heavy atom. The van der Waals surface area contributed by atoms with Crippen LogP contribution < -0.4 is 10.2 Å². The number of carbonyl (C=O) groups is 1. The molecule has 0 atom stereocenters. The van der Waals surface area contributed by atoms with Crippen LogP contribution in [0.15, 0.2) is 35.5 Å². The van der Waals surface area contributed by atoms with Crippen LogP contribution in [0, 0.1) is 6.92 Å². The molecule has 30 heavy (non-hydrogen) atoms. The lowest BCUT2D eigenvalue weighted by Crippen LogP contribution is -2.34. The van der Waals surface area contributed by atoms with E-state index in [1.165, 1.54) is 48.3 Å². The third kappa shape index (κ3) is 4.32. The molecule has 2 aromatic heterocycles. The van der Waals surface area contributed by atoms with Gasteiger partial charge in [-0.25, -0.2) is 9.97 Å². The van der Waals surface area contributed by atoms with Gasteiger partial charge in [0.25, 0.3) is 5.91 Å². The molecular weight excluding hydrogens is 412 g/mol. The molecule has 4 rings (SSSR count). The average molecular weight is 441 g/mol. The van der Waals surface area contributed by atoms with Gasteiger partial charge in [0.2, 0.25) is 0 Å². The Morgan fingerprint density at radius 3 is 2.63 bits per heavy atom. The number of aryl methyl sites for hydroxylation is 1. The number of hydrogen-bond donors (Lipinski definition) is 1. The van der Waals surface area contributed by atoms with E-state index < -0.39 is 0 Å². The maximum atomic E-state index is 12.9. The second-order valence-electron chi connectivity index (χ2n) is 7.87. The van der Waals surface area contributed by atoms with Crippen molar-refractivity contribution in [3.63, 3.8) is 0 Å². The summed E-state index contributed by atoms with van der Waals surface area (Å²) in [5.74, 6) is 0.906. The second-order valence-corrected chi connectivity index (χ2v) is 9.75. The van der Waals surface area contributed by atoms with Crippen molar-refractivity contribution in [2.45, 2.75) is 56.5 Å². The highest BCUT2D eigenvalue weighted by atomic mass is 32.2. The molecule has 1 fully saturated rings. The van der Waals surface area contributed by atoms with Crippen LogP contribution in [-0.2, 0) is 6.54 Å². The molecule has 5 nitrogen and oxygen atoms in total. The van der Waals surface area contributed by atoms with Crippen LogP contribution in [-0.4, -0.2) is 35.2 Å². The van der Waals surface area contributed by atoms with Gasteiger partial charge in [0.15, 0.2) is 0 Å². The normalized spacial score (nSPS) is 14.8. The number of nitrogens with one attached hydrogen (secondary N) is 1. The van der Waals surface area contributed by atoms with Crippen molar-refractivity contribution in [1.29, 1.82) is 0 Å². The fourth-order valence-electron chi connectivity index (χ4n) is 4.18. The molecule has 1 aromatic carbocycles. The standard InChI is InChI=1S/C23H28N4OS2/c1-15-19-21(27(2)17-7-5-4-6-8-17)25-14-26-23(19)30-20(15)22(28)24-13-16-9-11-18(29-3)12-10-16/h9-12,14,17H,4-8,13H2,1-3H3,(H,24,28). The zero-order valence-corrected chi connectivity index (χ0v) is 19.4. The number of thioether (sulfide) groups is 1. The smallest absolute Gasteiger partial charge is 0.261 e. The third-order valence-electron chi connectivity index (χ3n) is 5.98. The molecule has 2 heterocycles. The first-order chi connectivity index (χ1) is 14.6. The van der Waals surface area contributed by atoms with Crippen LogP contribution in [0.3, 0.4) is 0 Å². The lowest BCUT2D eigenvalue weighted by molar-refractivity contribution is 0.0954. The summed E-state index contributed by atoms with van der Waals surface area (Å²) in [6, 6.07) is 8.80. The molecule has 1 aliphatic carbocycles. The number of nitrogens with zero attached hydrogens (tertiary/aromatic N) is 3. The molecule has 158 valence electrons. The lowest BCUT2D eigenvalue weighted by atomic mass is 9.94. The Bertz CT molecular complexity index is 1030. The van der Waals surface area contributed by atoms with Crippen LogP contribution in [0.25, 0.3) is 10.2 Å². The molecule has 0 radical (unpaired) electrons. The van der Waals surface area contributed by atoms with Gasteiger partial charge in [-0.1, -0.05) is 31.4 Å². The van der Waals surface area contributed by atoms with Crippen molar-refractivity contribution < 1.29 is 4.79 Å². The Balaban J connectivity index is 1.55. The minimum Gasteiger partial charge on any atom is -0.356 e. The molecule has 0 saturated heterocycles. The molecule has 1 aliphatic rings. The zero-order valence-electron chi connectivity index (χ0n) is 17.8. The average Bonchev–Trinajstić information content (AvgIpc) is 3.14. The van der Waals surface area contributed by atoms with Crippen LogP contribution >= 0.6 is 23.1 Å². The summed E-state index contributed by atoms with van der Waals surface area (Å²) < 4.78 is 0. The van der Waals surface area contributed by atoms with Gasteiger partial charge in [-0.15, -0.1) is 23.1 Å². The van der Waals surface area contributed by atoms with Gasteiger partial charge in [-0.2, -0.15) is 0 Å². The first-order valence-electron chi connectivity index (χ1n) is 10.5. The number of hydrogen-bond acceptors (Lipinski definition) is 6. The van der Waals surface area contributed by atoms with E-state index in [4.69, 9.17) is 0 Å². The topological polar surface area (TPSA) is 58.1 Å². The van der Waals surface area contributed by atoms with Crippen molar-refractivity contribution in [3.05, 3.63) is 46.6 Å². The monoisotopic (exact) mass is 440 g/mol. The highest BCUT2D eigenvalue weighted by molar-refractivity contribution is 7.98. The number of anilines is 1. The number of carbonyl (C=O) groups excluding carboxylic acids is 1. The van der Waals surface area contributed by atoms with E-state index in [0.29, 0.717) is 12.6 Å². The predicted octanol–water partition coefficient (Wildman–Crippen LogP) is 5.42. The fraction of sp³-hybridized carbons (Fsp3) is 0.435. The summed E-state index contributed by atoms with van der Waals surface area (Å²) in [7, 11) is 2.13. The minimum absolute atomic E-state index is 0.0456. The summed E-state index contributed by atoms with van der Waals surface area (Å²) in [5.41, 5.74) is 2.07. The minimum atomic E-state index is -0.0456. The molecule has 1 N–H and O–H groups in total. The Labute approximate surface area is 186 Å². The molecule has 0 unspecified atom stereocenters. The van der Waals surface area contributed by atoms with E-state index in [1.807, 2.05) is 6.92 Å². The van der Waals surface area contributed by atoms with Gasteiger partial charge in [0.05, 0.1) is 10.3 Å². The van der Waals surface area contributed by atoms with Crippen molar-refractivity contribution in [2.75, 3.05) is 18.2 Å². The summed E-state index contributed by atoms with van der Waals surface area (Å²) in [6.45, 7) is 2.53. The summed E-state index contributed by atoms with van der Waals surface area (Å²) >= 11 is 3.17. The molecule has 1 amide bonds. The van der Waals surface area contributed by atoms with Crippen molar-refractivity contribution in [2.24, 2.45) is 0 Å². The summed E-state index contributed by atoms with van der Waals surface area (Å²) in [6.07, 6.45) is 9.97. The fourth-order valence-corrected chi connectivity index (χ4v) is 5.65. The molecular formula is C23H28N4OS2. The van der Waals surface area contributed by atoms with Crippen LogP contribution in [0.1, 0.15) is 52.9 Å². The van der Waals surface area contributed by atoms with E-state index in [2.05, 4.69) is 57.8 Å². The lowest BCUT2D eigenvalue weighted by Gasteiger charge is -2.32. The number of aromatic nitrogens is 2. The Morgan fingerprint density at radius 2 is 1.93 bits per heavy atom. The Kier molecular flexibility index (Phi) is 6.58. The Hall–Kier alpha value is -2.12. The quantitative estimate of drug-likeness (QED) is 0.519. The SMILES string of the molecule is CSc1ccc(CNC(=O)c2sc3ncnc(N(C)C4CCCCC4)c3c2C)cc1. The number of benzene rings is 1. The molecule has 3 aromatic rings. The first-order valence-corrected chi connectivity index (χ1v) is 12.5. The van der Waals surface area contributed by atoms with E-state index in [0.717, 1.165) is 32.0 Å². The van der Waals surface area contributed by atoms with Gasteiger partial charge < -0.3 is 10.2 Å². The highest BCUT2D eigenvalue weighted by Crippen LogP contribution is 2.36. The van der Waals surface area contributed by atoms with Gasteiger partial charge in [0, 0.05) is 24.5 Å². The number of rotatable bonds is 6. The maximum absolute atomic E-state index is 12.9. The largest absolute Gasteiger partial charge is 0.356 e. The van der Waals surface area contributed by atoms with Crippen LogP contribution in [0.2, 0.25) is 0 Å². The van der Waals surface area contributed by atoms with Gasteiger partial charge >= 0.3 is 0 Å². The first kappa shape index (κ1) is 21.1. The van der Waals surface area contributed by atoms with Gasteiger partial charge in [-0.3, -0.25) is 4.79 Å². The third-order valence-corrected chi connectivity index (χ3v) is 7.92. The highest BCUT2D eigenvalue weighted by Gasteiger charge is 2.24. The van der Waals surface area contributed by atoms with Gasteiger partial charge in [-0.05, 0) is 49.3 Å². The number of thiophene rings is 1. The molecule has 0 bridgehead atoms. The summed E-state index contributed by atoms with van der Waals surface area (Å²) in [4.78, 5) is 27.2. The number of fused-ring (bicyclic) bond motifs is 1. The van der Waals surface area contributed by atoms with Crippen molar-refractivity contribution >= 4 is 45.0 Å².